The van der Waals surface area contributed by atoms with E-state index in [4.69, 9.17) is 5.11 Å². The minimum Gasteiger partial charge on any atom is -0.480 e. The number of allylic oxidation sites excluding steroid dienone is 3. The van der Waals surface area contributed by atoms with E-state index in [-0.39, 0.29) is 11.1 Å². The van der Waals surface area contributed by atoms with Crippen LogP contribution in [0, 0.1) is 5.82 Å². The Morgan fingerprint density at radius 3 is 2.47 bits per heavy atom. The van der Waals surface area contributed by atoms with Crippen molar-refractivity contribution in [3.63, 3.8) is 0 Å². The Morgan fingerprint density at radius 1 is 1.32 bits per heavy atom. The fourth-order valence-electron chi connectivity index (χ4n) is 1.78. The van der Waals surface area contributed by atoms with Gasteiger partial charge in [-0.15, -0.1) is 0 Å². The van der Waals surface area contributed by atoms with E-state index in [1.54, 1.807) is 0 Å². The van der Waals surface area contributed by atoms with Crippen LogP contribution in [0.4, 0.5) is 13.2 Å². The molecule has 1 N–H and O–H groups in total. The summed E-state index contributed by atoms with van der Waals surface area (Å²) in [4.78, 5) is 10.9. The second-order valence-electron chi connectivity index (χ2n) is 4.01. The Morgan fingerprint density at radius 2 is 1.95 bits per heavy atom. The summed E-state index contributed by atoms with van der Waals surface area (Å²) in [6, 6.07) is 5.48. The van der Waals surface area contributed by atoms with Gasteiger partial charge in [-0.25, -0.2) is 13.2 Å². The van der Waals surface area contributed by atoms with Crippen molar-refractivity contribution in [1.82, 2.24) is 0 Å². The highest BCUT2D eigenvalue weighted by atomic mass is 79.9. The average molecular weight is 333 g/mol. The molecule has 2 nitrogen and oxygen atoms in total. The highest BCUT2D eigenvalue weighted by Crippen LogP contribution is 2.41. The summed E-state index contributed by atoms with van der Waals surface area (Å²) in [6.07, 6.45) is -0.452. The van der Waals surface area contributed by atoms with E-state index >= 15 is 0 Å². The van der Waals surface area contributed by atoms with Crippen LogP contribution >= 0.6 is 15.9 Å². The Kier molecular flexibility index (Phi) is 3.54. The molecule has 1 aromatic carbocycles. The van der Waals surface area contributed by atoms with E-state index in [1.165, 1.54) is 18.2 Å². The number of carboxylic acid groups (broad SMARTS) is 1. The number of hydrogen-bond acceptors (Lipinski definition) is 1. The maximum Gasteiger partial charge on any atom is 0.330 e. The van der Waals surface area contributed by atoms with Crippen LogP contribution in [0.25, 0.3) is 5.57 Å². The summed E-state index contributed by atoms with van der Waals surface area (Å²) in [5.74, 6) is -3.53. The van der Waals surface area contributed by atoms with Crippen molar-refractivity contribution in [2.75, 3.05) is 0 Å². The maximum absolute atomic E-state index is 13.9. The molecule has 2 rings (SSSR count). The summed E-state index contributed by atoms with van der Waals surface area (Å²) in [5.41, 5.74) is -0.0142. The highest BCUT2D eigenvalue weighted by molar-refractivity contribution is 9.10. The Labute approximate surface area is 115 Å². The van der Waals surface area contributed by atoms with Crippen LogP contribution in [0.2, 0.25) is 0 Å². The topological polar surface area (TPSA) is 37.3 Å². The van der Waals surface area contributed by atoms with E-state index in [1.807, 2.05) is 0 Å². The zero-order valence-corrected chi connectivity index (χ0v) is 11.0. The van der Waals surface area contributed by atoms with Gasteiger partial charge < -0.3 is 5.11 Å². The predicted octanol–water partition coefficient (Wildman–Crippen LogP) is 3.63. The number of halogens is 4. The highest BCUT2D eigenvalue weighted by Gasteiger charge is 2.50. The summed E-state index contributed by atoms with van der Waals surface area (Å²) >= 11 is 2.55. The van der Waals surface area contributed by atoms with Crippen molar-refractivity contribution in [3.8, 4) is 0 Å². The SMILES string of the molecule is O=C(O)C1(Br)C(F)=CC(c2ccccc2F)=CC1F. The van der Waals surface area contributed by atoms with E-state index in [9.17, 15) is 18.0 Å². The van der Waals surface area contributed by atoms with Crippen LogP contribution in [-0.4, -0.2) is 21.6 Å². The zero-order valence-electron chi connectivity index (χ0n) is 9.41. The first-order valence-electron chi connectivity index (χ1n) is 5.28. The van der Waals surface area contributed by atoms with Crippen LogP contribution < -0.4 is 0 Å². The number of aliphatic carboxylic acids is 1. The second kappa shape index (κ2) is 4.85. The van der Waals surface area contributed by atoms with Crippen LogP contribution in [0.3, 0.4) is 0 Å². The van der Waals surface area contributed by atoms with Gasteiger partial charge in [-0.1, -0.05) is 34.1 Å². The molecule has 19 heavy (non-hydrogen) atoms. The van der Waals surface area contributed by atoms with Gasteiger partial charge in [0.25, 0.3) is 0 Å². The van der Waals surface area contributed by atoms with Crippen LogP contribution in [-0.2, 0) is 4.79 Å². The second-order valence-corrected chi connectivity index (χ2v) is 5.26. The first-order valence-corrected chi connectivity index (χ1v) is 6.07. The molecule has 100 valence electrons. The molecule has 0 aromatic heterocycles. The van der Waals surface area contributed by atoms with E-state index in [0.717, 1.165) is 18.2 Å². The first kappa shape index (κ1) is 13.9. The third-order valence-electron chi connectivity index (χ3n) is 2.83. The van der Waals surface area contributed by atoms with Crippen molar-refractivity contribution in [2.45, 2.75) is 10.5 Å². The van der Waals surface area contributed by atoms with Gasteiger partial charge in [-0.2, -0.15) is 0 Å². The minimum absolute atomic E-state index is 0.0141. The Balaban J connectivity index is 2.50. The molecule has 0 spiro atoms. The van der Waals surface area contributed by atoms with Crippen molar-refractivity contribution in [1.29, 1.82) is 0 Å². The van der Waals surface area contributed by atoms with Gasteiger partial charge in [-0.05, 0) is 23.8 Å². The number of alkyl halides is 2. The molecule has 0 bridgehead atoms. The molecule has 0 saturated carbocycles. The van der Waals surface area contributed by atoms with Gasteiger partial charge in [0, 0.05) is 5.56 Å². The van der Waals surface area contributed by atoms with Crippen molar-refractivity contribution in [2.24, 2.45) is 0 Å². The molecule has 0 heterocycles. The van der Waals surface area contributed by atoms with Gasteiger partial charge in [-0.3, -0.25) is 4.79 Å². The fraction of sp³-hybridized carbons (Fsp3) is 0.154. The lowest BCUT2D eigenvalue weighted by Gasteiger charge is -2.27. The quantitative estimate of drug-likeness (QED) is 0.839. The molecule has 0 amide bonds. The third kappa shape index (κ3) is 2.20. The Hall–Kier alpha value is -1.56. The smallest absolute Gasteiger partial charge is 0.330 e. The van der Waals surface area contributed by atoms with Gasteiger partial charge in [0.05, 0.1) is 0 Å². The third-order valence-corrected chi connectivity index (χ3v) is 3.99. The minimum atomic E-state index is -2.44. The lowest BCUT2D eigenvalue weighted by Crippen LogP contribution is -2.43. The summed E-state index contributed by atoms with van der Waals surface area (Å²) in [6.45, 7) is 0. The van der Waals surface area contributed by atoms with Crippen molar-refractivity contribution < 1.29 is 23.1 Å². The number of hydrogen-bond donors (Lipinski definition) is 1. The fourth-order valence-corrected chi connectivity index (χ4v) is 2.02. The standard InChI is InChI=1S/C13H8BrF3O2/c14-13(12(18)19)10(16)5-7(6-11(13)17)8-3-1-2-4-9(8)15/h1-6,10H,(H,18,19). The largest absolute Gasteiger partial charge is 0.480 e. The summed E-state index contributed by atoms with van der Waals surface area (Å²) in [7, 11) is 0. The average Bonchev–Trinajstić information content (AvgIpc) is 2.35. The molecule has 2 atom stereocenters. The van der Waals surface area contributed by atoms with Crippen LogP contribution in [0.5, 0.6) is 0 Å². The molecule has 0 aliphatic heterocycles. The monoisotopic (exact) mass is 332 g/mol. The Bertz CT molecular complexity index is 597. The first-order chi connectivity index (χ1) is 8.87. The molecule has 6 heteroatoms. The molecule has 0 radical (unpaired) electrons. The summed E-state index contributed by atoms with van der Waals surface area (Å²) < 4.78 is 38.8. The van der Waals surface area contributed by atoms with Crippen LogP contribution in [0.15, 0.2) is 42.2 Å². The maximum atomic E-state index is 13.9. The zero-order chi connectivity index (χ0) is 14.2. The number of carbonyl (C=O) groups is 1. The molecule has 0 saturated heterocycles. The molecular weight excluding hydrogens is 325 g/mol. The number of carboxylic acids is 1. The molecular formula is C13H8BrF3O2. The number of rotatable bonds is 2. The molecule has 1 aliphatic carbocycles. The normalized spacial score (nSPS) is 26.6. The summed E-state index contributed by atoms with van der Waals surface area (Å²) in [5, 5.41) is 8.88. The van der Waals surface area contributed by atoms with Gasteiger partial charge in [0.2, 0.25) is 4.32 Å². The van der Waals surface area contributed by atoms with Crippen LogP contribution in [0.1, 0.15) is 5.56 Å². The molecule has 1 aromatic rings. The lowest BCUT2D eigenvalue weighted by molar-refractivity contribution is -0.140. The van der Waals surface area contributed by atoms with Gasteiger partial charge in [0.1, 0.15) is 11.6 Å². The number of benzene rings is 1. The molecule has 1 aliphatic rings. The lowest BCUT2D eigenvalue weighted by atomic mass is 9.90. The van der Waals surface area contributed by atoms with Crippen molar-refractivity contribution in [3.05, 3.63) is 53.6 Å². The predicted molar refractivity (Wildman–Crippen MR) is 67.8 cm³/mol. The molecule has 0 fully saturated rings. The van der Waals surface area contributed by atoms with Gasteiger partial charge in [0.15, 0.2) is 6.17 Å². The van der Waals surface area contributed by atoms with E-state index in [0.29, 0.717) is 0 Å². The van der Waals surface area contributed by atoms with Crippen molar-refractivity contribution >= 4 is 27.5 Å². The molecule has 2 unspecified atom stereocenters. The van der Waals surface area contributed by atoms with E-state index < -0.39 is 28.1 Å². The van der Waals surface area contributed by atoms with Gasteiger partial charge >= 0.3 is 5.97 Å². The van der Waals surface area contributed by atoms with E-state index in [2.05, 4.69) is 15.9 Å².